The van der Waals surface area contributed by atoms with Crippen LogP contribution in [0.3, 0.4) is 0 Å². The fourth-order valence-electron chi connectivity index (χ4n) is 1.68. The molecule has 0 aliphatic heterocycles. The van der Waals surface area contributed by atoms with Gasteiger partial charge < -0.3 is 15.3 Å². The Kier molecular flexibility index (Phi) is 5.36. The highest BCUT2D eigenvalue weighted by Gasteiger charge is 2.35. The van der Waals surface area contributed by atoms with Crippen molar-refractivity contribution in [1.29, 1.82) is 0 Å². The highest BCUT2D eigenvalue weighted by atomic mass is 32.2. The van der Waals surface area contributed by atoms with E-state index in [1.54, 1.807) is 0 Å². The highest BCUT2D eigenvalue weighted by Crippen LogP contribution is 2.25. The van der Waals surface area contributed by atoms with E-state index in [1.165, 1.54) is 13.0 Å². The Hall–Kier alpha value is -1.59. The fraction of sp³-hybridized carbons (Fsp3) is 0.455. The summed E-state index contributed by atoms with van der Waals surface area (Å²) in [6, 6.07) is 3.52. The minimum Gasteiger partial charge on any atom is -0.394 e. The van der Waals surface area contributed by atoms with Gasteiger partial charge in [0.05, 0.1) is 29.6 Å². The number of hydrogen-bond donors (Lipinski definition) is 4. The summed E-state index contributed by atoms with van der Waals surface area (Å²) in [5, 5.41) is 38.3. The minimum atomic E-state index is -4.28. The molecule has 21 heavy (non-hydrogen) atoms. The summed E-state index contributed by atoms with van der Waals surface area (Å²) in [6.45, 7) is -1.25. The van der Waals surface area contributed by atoms with E-state index in [0.29, 0.717) is 0 Å². The molecule has 0 fully saturated rings. The molecule has 1 aromatic carbocycles. The molecule has 0 unspecified atom stereocenters. The average Bonchev–Trinajstić information content (AvgIpc) is 2.44. The van der Waals surface area contributed by atoms with Crippen LogP contribution in [0.4, 0.5) is 5.69 Å². The van der Waals surface area contributed by atoms with Crippen molar-refractivity contribution in [1.82, 2.24) is 4.72 Å². The van der Waals surface area contributed by atoms with Crippen molar-refractivity contribution < 1.29 is 28.7 Å². The molecule has 1 aromatic rings. The Bertz CT molecular complexity index is 617. The SMILES string of the molecule is Cc1c([N+](=O)[O-])cccc1S(=O)(=O)NC(CO)(CO)CO. The van der Waals surface area contributed by atoms with Gasteiger partial charge in [-0.15, -0.1) is 0 Å². The van der Waals surface area contributed by atoms with E-state index in [4.69, 9.17) is 15.3 Å². The number of nitrogens with zero attached hydrogens (tertiary/aromatic N) is 1. The Morgan fingerprint density at radius 2 is 1.76 bits per heavy atom. The maximum absolute atomic E-state index is 12.3. The Balaban J connectivity index is 3.33. The van der Waals surface area contributed by atoms with E-state index < -0.39 is 40.3 Å². The third-order valence-corrected chi connectivity index (χ3v) is 4.72. The van der Waals surface area contributed by atoms with Gasteiger partial charge in [0.25, 0.3) is 5.69 Å². The van der Waals surface area contributed by atoms with Crippen LogP contribution >= 0.6 is 0 Å². The third-order valence-electron chi connectivity index (χ3n) is 3.00. The fourth-order valence-corrected chi connectivity index (χ4v) is 3.32. The molecule has 9 nitrogen and oxygen atoms in total. The zero-order valence-corrected chi connectivity index (χ0v) is 12.0. The predicted octanol–water partition coefficient (Wildman–Crippen LogP) is -1.10. The van der Waals surface area contributed by atoms with Gasteiger partial charge in [-0.25, -0.2) is 8.42 Å². The average molecular weight is 320 g/mol. The molecule has 0 amide bonds. The number of rotatable bonds is 7. The molecule has 0 heterocycles. The lowest BCUT2D eigenvalue weighted by Crippen LogP contribution is -2.56. The Morgan fingerprint density at radius 3 is 2.19 bits per heavy atom. The van der Waals surface area contributed by atoms with E-state index in [9.17, 15) is 18.5 Å². The van der Waals surface area contributed by atoms with Gasteiger partial charge >= 0.3 is 0 Å². The molecule has 0 aliphatic rings. The molecule has 0 aromatic heterocycles. The van der Waals surface area contributed by atoms with Crippen LogP contribution in [0.15, 0.2) is 23.1 Å². The number of aliphatic hydroxyl groups is 3. The van der Waals surface area contributed by atoms with Crippen molar-refractivity contribution in [2.75, 3.05) is 19.8 Å². The molecular formula is C11H16N2O7S. The second kappa shape index (κ2) is 6.45. The number of nitro groups is 1. The maximum atomic E-state index is 12.3. The second-order valence-corrected chi connectivity index (χ2v) is 6.17. The highest BCUT2D eigenvalue weighted by molar-refractivity contribution is 7.89. The topological polar surface area (TPSA) is 150 Å². The van der Waals surface area contributed by atoms with E-state index >= 15 is 0 Å². The van der Waals surface area contributed by atoms with Crippen molar-refractivity contribution >= 4 is 15.7 Å². The number of benzene rings is 1. The van der Waals surface area contributed by atoms with Gasteiger partial charge in [0.2, 0.25) is 10.0 Å². The molecule has 118 valence electrons. The van der Waals surface area contributed by atoms with Crippen LogP contribution in [0.5, 0.6) is 0 Å². The van der Waals surface area contributed by atoms with Crippen LogP contribution in [-0.2, 0) is 10.0 Å². The van der Waals surface area contributed by atoms with Crippen molar-refractivity contribution in [2.45, 2.75) is 17.4 Å². The smallest absolute Gasteiger partial charge is 0.273 e. The van der Waals surface area contributed by atoms with Crippen LogP contribution < -0.4 is 4.72 Å². The number of aliphatic hydroxyl groups excluding tert-OH is 3. The van der Waals surface area contributed by atoms with Gasteiger partial charge in [0.1, 0.15) is 5.54 Å². The summed E-state index contributed by atoms with van der Waals surface area (Å²) in [4.78, 5) is 9.74. The molecule has 0 atom stereocenters. The molecule has 1 rings (SSSR count). The predicted molar refractivity (Wildman–Crippen MR) is 72.1 cm³/mol. The molecule has 0 saturated carbocycles. The molecule has 0 bridgehead atoms. The first-order chi connectivity index (χ1) is 9.73. The van der Waals surface area contributed by atoms with Crippen LogP contribution in [0.25, 0.3) is 0 Å². The zero-order valence-electron chi connectivity index (χ0n) is 11.2. The van der Waals surface area contributed by atoms with Gasteiger partial charge in [0.15, 0.2) is 0 Å². The number of sulfonamides is 1. The summed E-state index contributed by atoms with van der Waals surface area (Å²) >= 11 is 0. The molecule has 0 radical (unpaired) electrons. The van der Waals surface area contributed by atoms with Crippen molar-refractivity contribution in [3.8, 4) is 0 Å². The van der Waals surface area contributed by atoms with E-state index in [1.807, 2.05) is 4.72 Å². The Morgan fingerprint density at radius 1 is 1.24 bits per heavy atom. The van der Waals surface area contributed by atoms with Gasteiger partial charge in [-0.05, 0) is 13.0 Å². The molecule has 0 saturated heterocycles. The van der Waals surface area contributed by atoms with Crippen LogP contribution in [0.2, 0.25) is 0 Å². The van der Waals surface area contributed by atoms with Gasteiger partial charge in [0, 0.05) is 11.6 Å². The summed E-state index contributed by atoms with van der Waals surface area (Å²) in [5.74, 6) is 0. The second-order valence-electron chi connectivity index (χ2n) is 4.52. The standard InChI is InChI=1S/C11H16N2O7S/c1-8-9(13(17)18)3-2-4-10(8)21(19,20)12-11(5-14,6-15)7-16/h2-4,12,14-16H,5-7H2,1H3. The van der Waals surface area contributed by atoms with Gasteiger partial charge in [-0.1, -0.05) is 6.07 Å². The number of nitro benzene ring substituents is 1. The molecule has 0 spiro atoms. The van der Waals surface area contributed by atoms with Crippen LogP contribution in [-0.4, -0.2) is 54.0 Å². The van der Waals surface area contributed by atoms with Gasteiger partial charge in [-0.3, -0.25) is 10.1 Å². The first kappa shape index (κ1) is 17.5. The Labute approximate surface area is 121 Å². The molecule has 4 N–H and O–H groups in total. The number of nitrogens with one attached hydrogen (secondary N) is 1. The first-order valence-corrected chi connectivity index (χ1v) is 7.32. The maximum Gasteiger partial charge on any atom is 0.273 e. The van der Waals surface area contributed by atoms with Crippen molar-refractivity contribution in [2.24, 2.45) is 0 Å². The minimum absolute atomic E-state index is 0.0854. The quantitative estimate of drug-likeness (QED) is 0.368. The monoisotopic (exact) mass is 320 g/mol. The lowest BCUT2D eigenvalue weighted by molar-refractivity contribution is -0.385. The van der Waals surface area contributed by atoms with Gasteiger partial charge in [-0.2, -0.15) is 4.72 Å². The number of hydrogen-bond acceptors (Lipinski definition) is 7. The summed E-state index contributed by atoms with van der Waals surface area (Å²) in [7, 11) is -4.28. The van der Waals surface area contributed by atoms with Crippen LogP contribution in [0, 0.1) is 17.0 Å². The van der Waals surface area contributed by atoms with E-state index in [-0.39, 0.29) is 16.1 Å². The lowest BCUT2D eigenvalue weighted by atomic mass is 10.1. The zero-order chi connectivity index (χ0) is 16.3. The van der Waals surface area contributed by atoms with E-state index in [2.05, 4.69) is 0 Å². The molecule has 0 aliphatic carbocycles. The van der Waals surface area contributed by atoms with E-state index in [0.717, 1.165) is 12.1 Å². The normalized spacial score (nSPS) is 12.4. The van der Waals surface area contributed by atoms with Crippen molar-refractivity contribution in [3.63, 3.8) is 0 Å². The van der Waals surface area contributed by atoms with Crippen LogP contribution in [0.1, 0.15) is 5.56 Å². The summed E-state index contributed by atoms with van der Waals surface area (Å²) in [6.07, 6.45) is 0. The third kappa shape index (κ3) is 3.54. The van der Waals surface area contributed by atoms with Crippen molar-refractivity contribution in [3.05, 3.63) is 33.9 Å². The lowest BCUT2D eigenvalue weighted by Gasteiger charge is -2.28. The summed E-state index contributed by atoms with van der Waals surface area (Å²) in [5.41, 5.74) is -2.31. The largest absolute Gasteiger partial charge is 0.394 e. The molecule has 10 heteroatoms. The summed E-state index contributed by atoms with van der Waals surface area (Å²) < 4.78 is 26.5. The first-order valence-electron chi connectivity index (χ1n) is 5.83. The molecular weight excluding hydrogens is 304 g/mol.